The summed E-state index contributed by atoms with van der Waals surface area (Å²) in [5.74, 6) is 0.687. The molecular weight excluding hydrogens is 208 g/mol. The van der Waals surface area contributed by atoms with E-state index in [1.54, 1.807) is 7.11 Å². The predicted molar refractivity (Wildman–Crippen MR) is 69.2 cm³/mol. The molecule has 4 heteroatoms. The number of thiocarbonyl (C=S) groups is 1. The Morgan fingerprint density at radius 3 is 2.60 bits per heavy atom. The zero-order valence-corrected chi connectivity index (χ0v) is 11.2. The number of nitrogens with zero attached hydrogens (tertiary/aromatic N) is 1. The van der Waals surface area contributed by atoms with Crippen LogP contribution in [0.5, 0.6) is 0 Å². The molecule has 0 aromatic carbocycles. The van der Waals surface area contributed by atoms with Gasteiger partial charge in [-0.15, -0.1) is 0 Å². The quantitative estimate of drug-likeness (QED) is 0.535. The Morgan fingerprint density at radius 2 is 2.13 bits per heavy atom. The van der Waals surface area contributed by atoms with Gasteiger partial charge in [-0.05, 0) is 25.1 Å². The van der Waals surface area contributed by atoms with Crippen molar-refractivity contribution in [3.05, 3.63) is 0 Å². The molecule has 3 nitrogen and oxygen atoms in total. The third kappa shape index (κ3) is 6.68. The number of methoxy groups -OCH3 is 1. The molecule has 15 heavy (non-hydrogen) atoms. The van der Waals surface area contributed by atoms with Gasteiger partial charge in [0.05, 0.1) is 6.61 Å². The van der Waals surface area contributed by atoms with Gasteiger partial charge in [-0.1, -0.05) is 20.3 Å². The molecule has 0 radical (unpaired) electrons. The zero-order valence-electron chi connectivity index (χ0n) is 10.4. The van der Waals surface area contributed by atoms with Gasteiger partial charge in [0.2, 0.25) is 0 Å². The molecule has 0 aromatic rings. The standard InChI is InChI=1S/C11H24N2OS/c1-5-10(3)9-13(6-2)11(15)12-7-8-14-4/h10H,5-9H2,1-4H3,(H,12,15). The molecule has 0 aliphatic carbocycles. The third-order valence-corrected chi connectivity index (χ3v) is 2.88. The lowest BCUT2D eigenvalue weighted by atomic mass is 10.1. The summed E-state index contributed by atoms with van der Waals surface area (Å²) in [5, 5.41) is 4.04. The van der Waals surface area contributed by atoms with Crippen molar-refractivity contribution in [2.45, 2.75) is 27.2 Å². The highest BCUT2D eigenvalue weighted by molar-refractivity contribution is 7.80. The summed E-state index contributed by atoms with van der Waals surface area (Å²) in [7, 11) is 1.70. The maximum absolute atomic E-state index is 5.31. The summed E-state index contributed by atoms with van der Waals surface area (Å²) >= 11 is 5.31. The smallest absolute Gasteiger partial charge is 0.169 e. The molecule has 0 spiro atoms. The second kappa shape index (κ2) is 8.92. The Labute approximate surface area is 99.2 Å². The van der Waals surface area contributed by atoms with Crippen LogP contribution in [0, 0.1) is 5.92 Å². The van der Waals surface area contributed by atoms with E-state index >= 15 is 0 Å². The largest absolute Gasteiger partial charge is 0.383 e. The molecule has 90 valence electrons. The molecule has 0 rings (SSSR count). The summed E-state index contributed by atoms with van der Waals surface area (Å²) < 4.78 is 4.97. The lowest BCUT2D eigenvalue weighted by Gasteiger charge is -2.26. The molecule has 0 aromatic heterocycles. The van der Waals surface area contributed by atoms with Crippen molar-refractivity contribution < 1.29 is 4.74 Å². The zero-order chi connectivity index (χ0) is 11.7. The Hall–Kier alpha value is -0.350. The van der Waals surface area contributed by atoms with Crippen molar-refractivity contribution in [1.29, 1.82) is 0 Å². The van der Waals surface area contributed by atoms with Gasteiger partial charge >= 0.3 is 0 Å². The third-order valence-electron chi connectivity index (χ3n) is 2.48. The van der Waals surface area contributed by atoms with Crippen LogP contribution < -0.4 is 5.32 Å². The molecule has 0 saturated heterocycles. The molecule has 0 saturated carbocycles. The first-order valence-electron chi connectivity index (χ1n) is 5.67. The molecule has 1 unspecified atom stereocenters. The van der Waals surface area contributed by atoms with E-state index in [1.807, 2.05) is 0 Å². The highest BCUT2D eigenvalue weighted by atomic mass is 32.1. The molecule has 0 aliphatic heterocycles. The van der Waals surface area contributed by atoms with Crippen molar-refractivity contribution in [3.8, 4) is 0 Å². The van der Waals surface area contributed by atoms with Crippen LogP contribution in [0.25, 0.3) is 0 Å². The van der Waals surface area contributed by atoms with Crippen LogP contribution in [0.15, 0.2) is 0 Å². The van der Waals surface area contributed by atoms with Crippen molar-refractivity contribution in [2.24, 2.45) is 5.92 Å². The lowest BCUT2D eigenvalue weighted by Crippen LogP contribution is -2.42. The van der Waals surface area contributed by atoms with E-state index in [0.29, 0.717) is 12.5 Å². The van der Waals surface area contributed by atoms with E-state index in [0.717, 1.165) is 24.7 Å². The summed E-state index contributed by atoms with van der Waals surface area (Å²) in [6.07, 6.45) is 1.19. The van der Waals surface area contributed by atoms with E-state index in [-0.39, 0.29) is 0 Å². The summed E-state index contributed by atoms with van der Waals surface area (Å²) in [6.45, 7) is 10.1. The van der Waals surface area contributed by atoms with E-state index in [1.165, 1.54) is 6.42 Å². The number of hydrogen-bond donors (Lipinski definition) is 1. The Morgan fingerprint density at radius 1 is 1.47 bits per heavy atom. The Bertz CT molecular complexity index is 176. The molecule has 1 N–H and O–H groups in total. The molecule has 0 aliphatic rings. The molecule has 0 heterocycles. The van der Waals surface area contributed by atoms with Crippen LogP contribution in [0.3, 0.4) is 0 Å². The van der Waals surface area contributed by atoms with Gasteiger partial charge in [0.1, 0.15) is 0 Å². The SMILES string of the molecule is CCC(C)CN(CC)C(=S)NCCOC. The number of nitrogens with one attached hydrogen (secondary N) is 1. The van der Waals surface area contributed by atoms with Crippen molar-refractivity contribution >= 4 is 17.3 Å². The first kappa shape index (κ1) is 14.6. The van der Waals surface area contributed by atoms with Crippen molar-refractivity contribution in [2.75, 3.05) is 33.4 Å². The summed E-state index contributed by atoms with van der Waals surface area (Å²) in [6, 6.07) is 0. The van der Waals surface area contributed by atoms with Crippen LogP contribution in [0.2, 0.25) is 0 Å². The minimum Gasteiger partial charge on any atom is -0.383 e. The van der Waals surface area contributed by atoms with Gasteiger partial charge in [-0.2, -0.15) is 0 Å². The molecule has 0 bridgehead atoms. The second-order valence-corrected chi connectivity index (χ2v) is 4.16. The van der Waals surface area contributed by atoms with Crippen molar-refractivity contribution in [1.82, 2.24) is 10.2 Å². The minimum atomic E-state index is 0.687. The maximum atomic E-state index is 5.31. The topological polar surface area (TPSA) is 24.5 Å². The number of hydrogen-bond acceptors (Lipinski definition) is 2. The predicted octanol–water partition coefficient (Wildman–Crippen LogP) is 1.88. The first-order valence-corrected chi connectivity index (χ1v) is 6.08. The van der Waals surface area contributed by atoms with E-state index in [4.69, 9.17) is 17.0 Å². The summed E-state index contributed by atoms with van der Waals surface area (Å²) in [4.78, 5) is 2.21. The molecule has 0 fully saturated rings. The highest BCUT2D eigenvalue weighted by Crippen LogP contribution is 2.04. The molecule has 1 atom stereocenters. The normalized spacial score (nSPS) is 12.3. The fourth-order valence-electron chi connectivity index (χ4n) is 1.23. The summed E-state index contributed by atoms with van der Waals surface area (Å²) in [5.41, 5.74) is 0. The fourth-order valence-corrected chi connectivity index (χ4v) is 1.54. The van der Waals surface area contributed by atoms with Crippen molar-refractivity contribution in [3.63, 3.8) is 0 Å². The Kier molecular flexibility index (Phi) is 8.71. The van der Waals surface area contributed by atoms with E-state index < -0.39 is 0 Å². The average Bonchev–Trinajstić information content (AvgIpc) is 2.25. The monoisotopic (exact) mass is 232 g/mol. The van der Waals surface area contributed by atoms with Gasteiger partial charge in [0.25, 0.3) is 0 Å². The average molecular weight is 232 g/mol. The van der Waals surface area contributed by atoms with Gasteiger partial charge in [0, 0.05) is 26.7 Å². The highest BCUT2D eigenvalue weighted by Gasteiger charge is 2.09. The van der Waals surface area contributed by atoms with Crippen LogP contribution in [-0.2, 0) is 4.74 Å². The van der Waals surface area contributed by atoms with Gasteiger partial charge < -0.3 is 15.0 Å². The molecule has 0 amide bonds. The van der Waals surface area contributed by atoms with E-state index in [2.05, 4.69) is 31.0 Å². The van der Waals surface area contributed by atoms with Gasteiger partial charge in [-0.25, -0.2) is 0 Å². The first-order chi connectivity index (χ1) is 7.15. The van der Waals surface area contributed by atoms with Crippen LogP contribution >= 0.6 is 12.2 Å². The number of rotatable bonds is 7. The van der Waals surface area contributed by atoms with Gasteiger partial charge in [-0.3, -0.25) is 0 Å². The van der Waals surface area contributed by atoms with E-state index in [9.17, 15) is 0 Å². The fraction of sp³-hybridized carbons (Fsp3) is 0.909. The van der Waals surface area contributed by atoms with Crippen LogP contribution in [0.4, 0.5) is 0 Å². The second-order valence-electron chi connectivity index (χ2n) is 3.78. The molecular formula is C11H24N2OS. The van der Waals surface area contributed by atoms with Crippen LogP contribution in [-0.4, -0.2) is 43.4 Å². The van der Waals surface area contributed by atoms with Crippen LogP contribution in [0.1, 0.15) is 27.2 Å². The maximum Gasteiger partial charge on any atom is 0.169 e. The number of ether oxygens (including phenoxy) is 1. The lowest BCUT2D eigenvalue weighted by molar-refractivity contribution is 0.202. The van der Waals surface area contributed by atoms with Gasteiger partial charge in [0.15, 0.2) is 5.11 Å². The minimum absolute atomic E-state index is 0.687. The Balaban J connectivity index is 3.88.